The predicted molar refractivity (Wildman–Crippen MR) is 75.8 cm³/mol. The zero-order valence-electron chi connectivity index (χ0n) is 10.4. The highest BCUT2D eigenvalue weighted by Gasteiger charge is 2.18. The van der Waals surface area contributed by atoms with Gasteiger partial charge in [-0.15, -0.1) is 0 Å². The Morgan fingerprint density at radius 3 is 2.65 bits per heavy atom. The summed E-state index contributed by atoms with van der Waals surface area (Å²) in [6.45, 7) is 3.74. The van der Waals surface area contributed by atoms with Crippen LogP contribution in [0.15, 0.2) is 18.2 Å². The van der Waals surface area contributed by atoms with Crippen LogP contribution < -0.4 is 5.73 Å². The Morgan fingerprint density at radius 1 is 1.35 bits per heavy atom. The predicted octanol–water partition coefficient (Wildman–Crippen LogP) is 3.73. The van der Waals surface area contributed by atoms with Gasteiger partial charge in [-0.3, -0.25) is 4.90 Å². The molecule has 1 unspecified atom stereocenters. The Morgan fingerprint density at radius 2 is 2.06 bits per heavy atom. The topological polar surface area (TPSA) is 29.3 Å². The summed E-state index contributed by atoms with van der Waals surface area (Å²) in [5.41, 5.74) is 6.87. The van der Waals surface area contributed by atoms with E-state index in [9.17, 15) is 0 Å². The van der Waals surface area contributed by atoms with E-state index in [4.69, 9.17) is 28.9 Å². The molecule has 0 aromatic heterocycles. The van der Waals surface area contributed by atoms with Crippen LogP contribution in [0.4, 0.5) is 0 Å². The standard InChI is InChI=1S/C13H20Cl2N2/c1-3-4-8-17(2)12(9-16)10-6-5-7-11(14)13(10)15/h5-7,12H,3-4,8-9,16H2,1-2H3. The van der Waals surface area contributed by atoms with Gasteiger partial charge in [0.2, 0.25) is 0 Å². The first-order chi connectivity index (χ1) is 8.11. The summed E-state index contributed by atoms with van der Waals surface area (Å²) in [6, 6.07) is 5.84. The van der Waals surface area contributed by atoms with E-state index in [1.54, 1.807) is 6.07 Å². The largest absolute Gasteiger partial charge is 0.329 e. The van der Waals surface area contributed by atoms with Gasteiger partial charge < -0.3 is 5.73 Å². The van der Waals surface area contributed by atoms with Gasteiger partial charge in [-0.05, 0) is 31.6 Å². The van der Waals surface area contributed by atoms with Crippen molar-refractivity contribution in [3.8, 4) is 0 Å². The normalized spacial score (nSPS) is 13.1. The van der Waals surface area contributed by atoms with Gasteiger partial charge in [0.1, 0.15) is 0 Å². The maximum absolute atomic E-state index is 6.23. The number of unbranched alkanes of at least 4 members (excludes halogenated alkanes) is 1. The molecule has 1 rings (SSSR count). The molecule has 1 aromatic carbocycles. The van der Waals surface area contributed by atoms with Crippen LogP contribution in [0.2, 0.25) is 10.0 Å². The van der Waals surface area contributed by atoms with E-state index < -0.39 is 0 Å². The molecule has 17 heavy (non-hydrogen) atoms. The zero-order valence-corrected chi connectivity index (χ0v) is 11.9. The summed E-state index contributed by atoms with van der Waals surface area (Å²) in [5.74, 6) is 0. The van der Waals surface area contributed by atoms with Crippen LogP contribution in [-0.2, 0) is 0 Å². The monoisotopic (exact) mass is 274 g/mol. The van der Waals surface area contributed by atoms with Gasteiger partial charge >= 0.3 is 0 Å². The number of nitrogens with zero attached hydrogens (tertiary/aromatic N) is 1. The van der Waals surface area contributed by atoms with E-state index >= 15 is 0 Å². The van der Waals surface area contributed by atoms with Crippen LogP contribution in [0.3, 0.4) is 0 Å². The Hall–Kier alpha value is -0.280. The number of halogens is 2. The Kier molecular flexibility index (Phi) is 6.28. The summed E-state index contributed by atoms with van der Waals surface area (Å²) in [6.07, 6.45) is 2.33. The average Bonchev–Trinajstić information content (AvgIpc) is 2.32. The highest BCUT2D eigenvalue weighted by Crippen LogP contribution is 2.31. The fourth-order valence-corrected chi connectivity index (χ4v) is 2.32. The van der Waals surface area contributed by atoms with Crippen molar-refractivity contribution in [3.63, 3.8) is 0 Å². The second-order valence-electron chi connectivity index (χ2n) is 4.23. The van der Waals surface area contributed by atoms with E-state index in [2.05, 4.69) is 18.9 Å². The molecule has 0 heterocycles. The molecule has 0 bridgehead atoms. The molecular formula is C13H20Cl2N2. The lowest BCUT2D eigenvalue weighted by atomic mass is 10.1. The third-order valence-electron chi connectivity index (χ3n) is 2.96. The third-order valence-corrected chi connectivity index (χ3v) is 3.79. The summed E-state index contributed by atoms with van der Waals surface area (Å²) in [4.78, 5) is 2.24. The summed E-state index contributed by atoms with van der Waals surface area (Å²) in [7, 11) is 2.07. The number of benzene rings is 1. The molecule has 2 nitrogen and oxygen atoms in total. The minimum atomic E-state index is 0.132. The van der Waals surface area contributed by atoms with Gasteiger partial charge in [-0.1, -0.05) is 48.7 Å². The maximum Gasteiger partial charge on any atom is 0.0640 e. The van der Waals surface area contributed by atoms with Crippen molar-refractivity contribution in [3.05, 3.63) is 33.8 Å². The average molecular weight is 275 g/mol. The van der Waals surface area contributed by atoms with Crippen molar-refractivity contribution in [2.75, 3.05) is 20.1 Å². The fraction of sp³-hybridized carbons (Fsp3) is 0.538. The van der Waals surface area contributed by atoms with E-state index in [0.717, 1.165) is 18.5 Å². The minimum Gasteiger partial charge on any atom is -0.329 e. The summed E-state index contributed by atoms with van der Waals surface area (Å²) in [5, 5.41) is 1.21. The smallest absolute Gasteiger partial charge is 0.0640 e. The molecule has 0 aliphatic heterocycles. The van der Waals surface area contributed by atoms with Gasteiger partial charge in [-0.2, -0.15) is 0 Å². The maximum atomic E-state index is 6.23. The van der Waals surface area contributed by atoms with E-state index in [-0.39, 0.29) is 6.04 Å². The molecule has 0 fully saturated rings. The fourth-order valence-electron chi connectivity index (χ4n) is 1.89. The summed E-state index contributed by atoms with van der Waals surface area (Å²) < 4.78 is 0. The van der Waals surface area contributed by atoms with Crippen LogP contribution in [0.5, 0.6) is 0 Å². The highest BCUT2D eigenvalue weighted by molar-refractivity contribution is 6.42. The van der Waals surface area contributed by atoms with Crippen molar-refractivity contribution in [2.24, 2.45) is 5.73 Å². The molecule has 0 aliphatic rings. The second kappa shape index (κ2) is 7.22. The minimum absolute atomic E-state index is 0.132. The van der Waals surface area contributed by atoms with Crippen LogP contribution in [0.25, 0.3) is 0 Å². The van der Waals surface area contributed by atoms with E-state index in [1.807, 2.05) is 12.1 Å². The van der Waals surface area contributed by atoms with Gasteiger partial charge in [0, 0.05) is 12.6 Å². The lowest BCUT2D eigenvalue weighted by molar-refractivity contribution is 0.246. The molecular weight excluding hydrogens is 255 g/mol. The Labute approximate surface area is 114 Å². The van der Waals surface area contributed by atoms with Crippen LogP contribution in [-0.4, -0.2) is 25.0 Å². The van der Waals surface area contributed by atoms with Crippen LogP contribution in [0, 0.1) is 0 Å². The first kappa shape index (κ1) is 14.8. The molecule has 0 radical (unpaired) electrons. The SMILES string of the molecule is CCCCN(C)C(CN)c1cccc(Cl)c1Cl. The Balaban J connectivity index is 2.89. The molecule has 0 spiro atoms. The third kappa shape index (κ3) is 3.85. The second-order valence-corrected chi connectivity index (χ2v) is 5.01. The first-order valence-electron chi connectivity index (χ1n) is 5.96. The lowest BCUT2D eigenvalue weighted by Gasteiger charge is -2.28. The highest BCUT2D eigenvalue weighted by atomic mass is 35.5. The number of nitrogens with two attached hydrogens (primary N) is 1. The molecule has 0 saturated carbocycles. The van der Waals surface area contributed by atoms with Gasteiger partial charge in [-0.25, -0.2) is 0 Å². The number of hydrogen-bond acceptors (Lipinski definition) is 2. The van der Waals surface area contributed by atoms with Crippen molar-refractivity contribution in [2.45, 2.75) is 25.8 Å². The van der Waals surface area contributed by atoms with Gasteiger partial charge in [0.05, 0.1) is 10.0 Å². The molecule has 1 atom stereocenters. The van der Waals surface area contributed by atoms with Crippen LogP contribution >= 0.6 is 23.2 Å². The van der Waals surface area contributed by atoms with Crippen LogP contribution in [0.1, 0.15) is 31.4 Å². The quantitative estimate of drug-likeness (QED) is 0.857. The molecule has 96 valence electrons. The van der Waals surface area contributed by atoms with E-state index in [1.165, 1.54) is 6.42 Å². The molecule has 4 heteroatoms. The van der Waals surface area contributed by atoms with Crippen molar-refractivity contribution < 1.29 is 0 Å². The van der Waals surface area contributed by atoms with E-state index in [0.29, 0.717) is 16.6 Å². The summed E-state index contributed by atoms with van der Waals surface area (Å²) >= 11 is 12.3. The molecule has 1 aromatic rings. The molecule has 0 amide bonds. The van der Waals surface area contributed by atoms with Crippen molar-refractivity contribution in [1.82, 2.24) is 4.90 Å². The van der Waals surface area contributed by atoms with Gasteiger partial charge in [0.25, 0.3) is 0 Å². The lowest BCUT2D eigenvalue weighted by Crippen LogP contribution is -2.31. The number of rotatable bonds is 6. The number of likely N-dealkylation sites (N-methyl/N-ethyl adjacent to an activating group) is 1. The van der Waals surface area contributed by atoms with Crippen molar-refractivity contribution in [1.29, 1.82) is 0 Å². The van der Waals surface area contributed by atoms with Gasteiger partial charge in [0.15, 0.2) is 0 Å². The number of hydrogen-bond donors (Lipinski definition) is 1. The first-order valence-corrected chi connectivity index (χ1v) is 6.71. The Bertz CT molecular complexity index is 355. The molecule has 2 N–H and O–H groups in total. The van der Waals surface area contributed by atoms with Crippen molar-refractivity contribution >= 4 is 23.2 Å². The zero-order chi connectivity index (χ0) is 12.8. The molecule has 0 saturated heterocycles. The molecule has 0 aliphatic carbocycles.